The number of thiophene rings is 1. The van der Waals surface area contributed by atoms with Gasteiger partial charge in [-0.15, -0.1) is 11.3 Å². The predicted octanol–water partition coefficient (Wildman–Crippen LogP) is 2.55. The number of amides is 1. The van der Waals surface area contributed by atoms with Gasteiger partial charge in [0.05, 0.1) is 6.54 Å². The molecule has 2 aromatic rings. The Morgan fingerprint density at radius 3 is 3.00 bits per heavy atom. The maximum absolute atomic E-state index is 11.9. The van der Waals surface area contributed by atoms with Crippen LogP contribution in [-0.4, -0.2) is 35.6 Å². The van der Waals surface area contributed by atoms with Crippen LogP contribution in [0.15, 0.2) is 28.1 Å². The van der Waals surface area contributed by atoms with Gasteiger partial charge in [-0.25, -0.2) is 0 Å². The van der Waals surface area contributed by atoms with Crippen molar-refractivity contribution in [2.75, 3.05) is 18.9 Å². The molecule has 0 bridgehead atoms. The fourth-order valence-electron chi connectivity index (χ4n) is 1.87. The van der Waals surface area contributed by atoms with E-state index in [2.05, 4.69) is 28.8 Å². The first-order chi connectivity index (χ1) is 9.54. The van der Waals surface area contributed by atoms with Gasteiger partial charge >= 0.3 is 0 Å². The Hall–Kier alpha value is -1.66. The van der Waals surface area contributed by atoms with Crippen molar-refractivity contribution in [1.82, 2.24) is 10.1 Å². The van der Waals surface area contributed by atoms with Gasteiger partial charge in [-0.05, 0) is 38.8 Å². The van der Waals surface area contributed by atoms with Gasteiger partial charge in [-0.1, -0.05) is 11.2 Å². The molecule has 0 aliphatic rings. The van der Waals surface area contributed by atoms with Crippen molar-refractivity contribution in [2.45, 2.75) is 26.3 Å². The molecule has 0 spiro atoms. The topological polar surface area (TPSA) is 58.4 Å². The Labute approximate surface area is 122 Å². The fourth-order valence-corrected chi connectivity index (χ4v) is 2.69. The van der Waals surface area contributed by atoms with Crippen LogP contribution in [0.3, 0.4) is 0 Å². The standard InChI is InChI=1S/C14H19N3O2S/c1-10(7-12-5-4-6-20-12)17(3)9-14(18)15-13-8-11(2)19-16-13/h4-6,8,10H,7,9H2,1-3H3,(H,15,16,18)/t10-/m1/s1. The second-order valence-electron chi connectivity index (χ2n) is 4.92. The molecular weight excluding hydrogens is 274 g/mol. The van der Waals surface area contributed by atoms with Crippen LogP contribution in [0.5, 0.6) is 0 Å². The highest BCUT2D eigenvalue weighted by Gasteiger charge is 2.15. The molecule has 1 atom stereocenters. The largest absolute Gasteiger partial charge is 0.360 e. The van der Waals surface area contributed by atoms with Crippen molar-refractivity contribution in [3.8, 4) is 0 Å². The highest BCUT2D eigenvalue weighted by molar-refractivity contribution is 7.09. The van der Waals surface area contributed by atoms with Crippen molar-refractivity contribution >= 4 is 23.1 Å². The third-order valence-corrected chi connectivity index (χ3v) is 4.02. The van der Waals surface area contributed by atoms with Crippen LogP contribution >= 0.6 is 11.3 Å². The minimum Gasteiger partial charge on any atom is -0.360 e. The second kappa shape index (κ2) is 6.67. The molecule has 0 aliphatic carbocycles. The molecule has 0 fully saturated rings. The van der Waals surface area contributed by atoms with Gasteiger partial charge < -0.3 is 9.84 Å². The molecule has 0 radical (unpaired) electrons. The van der Waals surface area contributed by atoms with E-state index in [0.29, 0.717) is 24.2 Å². The van der Waals surface area contributed by atoms with Crippen LogP contribution in [0, 0.1) is 6.92 Å². The number of carbonyl (C=O) groups excluding carboxylic acids is 1. The van der Waals surface area contributed by atoms with Crippen LogP contribution in [0.4, 0.5) is 5.82 Å². The van der Waals surface area contributed by atoms with Crippen molar-refractivity contribution in [3.05, 3.63) is 34.2 Å². The summed E-state index contributed by atoms with van der Waals surface area (Å²) in [5, 5.41) is 8.54. The molecule has 2 aromatic heterocycles. The number of hydrogen-bond acceptors (Lipinski definition) is 5. The average Bonchev–Trinajstić information content (AvgIpc) is 3.01. The van der Waals surface area contributed by atoms with E-state index in [9.17, 15) is 4.79 Å². The number of aromatic nitrogens is 1. The molecule has 0 saturated heterocycles. The number of nitrogens with zero attached hydrogens (tertiary/aromatic N) is 2. The summed E-state index contributed by atoms with van der Waals surface area (Å²) in [6.07, 6.45) is 0.949. The first-order valence-corrected chi connectivity index (χ1v) is 7.38. The monoisotopic (exact) mass is 293 g/mol. The second-order valence-corrected chi connectivity index (χ2v) is 5.95. The Kier molecular flexibility index (Phi) is 4.92. The Morgan fingerprint density at radius 2 is 2.40 bits per heavy atom. The van der Waals surface area contributed by atoms with E-state index in [0.717, 1.165) is 6.42 Å². The number of aryl methyl sites for hydroxylation is 1. The third kappa shape index (κ3) is 4.18. The number of anilines is 1. The highest BCUT2D eigenvalue weighted by Crippen LogP contribution is 2.13. The molecule has 0 unspecified atom stereocenters. The summed E-state index contributed by atoms with van der Waals surface area (Å²) >= 11 is 1.74. The quantitative estimate of drug-likeness (QED) is 0.889. The van der Waals surface area contributed by atoms with Crippen molar-refractivity contribution < 1.29 is 9.32 Å². The lowest BCUT2D eigenvalue weighted by molar-refractivity contribution is -0.117. The van der Waals surface area contributed by atoms with Crippen LogP contribution in [0.1, 0.15) is 17.6 Å². The number of likely N-dealkylation sites (N-methyl/N-ethyl adjacent to an activating group) is 1. The molecule has 20 heavy (non-hydrogen) atoms. The van der Waals surface area contributed by atoms with E-state index in [1.165, 1.54) is 4.88 Å². The summed E-state index contributed by atoms with van der Waals surface area (Å²) in [7, 11) is 1.95. The summed E-state index contributed by atoms with van der Waals surface area (Å²) in [4.78, 5) is 15.3. The van der Waals surface area contributed by atoms with Crippen LogP contribution in [0.2, 0.25) is 0 Å². The molecule has 5 nitrogen and oxygen atoms in total. The summed E-state index contributed by atoms with van der Waals surface area (Å²) in [6.45, 7) is 4.24. The summed E-state index contributed by atoms with van der Waals surface area (Å²) < 4.78 is 4.91. The molecule has 2 rings (SSSR count). The van der Waals surface area contributed by atoms with Crippen LogP contribution < -0.4 is 5.32 Å². The summed E-state index contributed by atoms with van der Waals surface area (Å²) in [6, 6.07) is 6.17. The molecular formula is C14H19N3O2S. The number of rotatable bonds is 6. The van der Waals surface area contributed by atoms with Gasteiger partial charge in [0.2, 0.25) is 5.91 Å². The zero-order valence-electron chi connectivity index (χ0n) is 11.9. The minimum absolute atomic E-state index is 0.0844. The van der Waals surface area contributed by atoms with Crippen molar-refractivity contribution in [1.29, 1.82) is 0 Å². The van der Waals surface area contributed by atoms with Crippen LogP contribution in [0.25, 0.3) is 0 Å². The van der Waals surface area contributed by atoms with Gasteiger partial charge in [0.15, 0.2) is 5.82 Å². The average molecular weight is 293 g/mol. The van der Waals surface area contributed by atoms with Gasteiger partial charge in [0.1, 0.15) is 5.76 Å². The molecule has 2 heterocycles. The van der Waals surface area contributed by atoms with Gasteiger partial charge in [-0.3, -0.25) is 9.69 Å². The third-order valence-electron chi connectivity index (χ3n) is 3.12. The lowest BCUT2D eigenvalue weighted by atomic mass is 10.2. The lowest BCUT2D eigenvalue weighted by Crippen LogP contribution is -2.37. The van der Waals surface area contributed by atoms with E-state index >= 15 is 0 Å². The van der Waals surface area contributed by atoms with Gasteiger partial charge in [0, 0.05) is 17.0 Å². The molecule has 0 aliphatic heterocycles. The zero-order chi connectivity index (χ0) is 14.5. The number of carbonyl (C=O) groups is 1. The minimum atomic E-state index is -0.0844. The first kappa shape index (κ1) is 14.7. The molecule has 0 saturated carbocycles. The molecule has 1 N–H and O–H groups in total. The summed E-state index contributed by atoms with van der Waals surface area (Å²) in [5.41, 5.74) is 0. The Balaban J connectivity index is 1.81. The van der Waals surface area contributed by atoms with E-state index in [1.807, 2.05) is 18.0 Å². The Bertz CT molecular complexity index is 551. The molecule has 1 amide bonds. The molecule has 108 valence electrons. The fraction of sp³-hybridized carbons (Fsp3) is 0.429. The van der Waals surface area contributed by atoms with Crippen molar-refractivity contribution in [2.24, 2.45) is 0 Å². The SMILES string of the molecule is Cc1cc(NC(=O)CN(C)[C@H](C)Cc2cccs2)no1. The first-order valence-electron chi connectivity index (χ1n) is 6.50. The number of nitrogens with one attached hydrogen (secondary N) is 1. The summed E-state index contributed by atoms with van der Waals surface area (Å²) in [5.74, 6) is 1.06. The van der Waals surface area contributed by atoms with Crippen molar-refractivity contribution in [3.63, 3.8) is 0 Å². The maximum Gasteiger partial charge on any atom is 0.239 e. The van der Waals surface area contributed by atoms with Gasteiger partial charge in [-0.2, -0.15) is 0 Å². The highest BCUT2D eigenvalue weighted by atomic mass is 32.1. The maximum atomic E-state index is 11.9. The predicted molar refractivity (Wildman–Crippen MR) is 80.0 cm³/mol. The lowest BCUT2D eigenvalue weighted by Gasteiger charge is -2.23. The van der Waals surface area contributed by atoms with Crippen LogP contribution in [-0.2, 0) is 11.2 Å². The van der Waals surface area contributed by atoms with E-state index in [1.54, 1.807) is 24.3 Å². The van der Waals surface area contributed by atoms with E-state index in [4.69, 9.17) is 4.52 Å². The molecule has 6 heteroatoms. The van der Waals surface area contributed by atoms with E-state index < -0.39 is 0 Å². The van der Waals surface area contributed by atoms with E-state index in [-0.39, 0.29) is 5.91 Å². The zero-order valence-corrected chi connectivity index (χ0v) is 12.7. The Morgan fingerprint density at radius 1 is 1.60 bits per heavy atom. The molecule has 0 aromatic carbocycles. The van der Waals surface area contributed by atoms with Gasteiger partial charge in [0.25, 0.3) is 0 Å². The normalized spacial score (nSPS) is 12.6. The smallest absolute Gasteiger partial charge is 0.239 e. The number of hydrogen-bond donors (Lipinski definition) is 1.